The minimum atomic E-state index is -1.02. The quantitative estimate of drug-likeness (QED) is 0.527. The van der Waals surface area contributed by atoms with E-state index >= 15 is 0 Å². The molecular weight excluding hydrogens is 290 g/mol. The van der Waals surface area contributed by atoms with Gasteiger partial charge in [0.15, 0.2) is 5.69 Å². The summed E-state index contributed by atoms with van der Waals surface area (Å²) < 4.78 is 0. The van der Waals surface area contributed by atoms with Crippen molar-refractivity contribution in [2.75, 3.05) is 0 Å². The topological polar surface area (TPSA) is 135 Å². The van der Waals surface area contributed by atoms with Crippen LogP contribution in [0.3, 0.4) is 0 Å². The monoisotopic (exact) mass is 303 g/mol. The molecule has 1 heterocycles. The lowest BCUT2D eigenvalue weighted by molar-refractivity contribution is 0.0927. The molecule has 0 radical (unpaired) electrons. The number of aryl methyl sites for hydroxylation is 1. The lowest BCUT2D eigenvalue weighted by Gasteiger charge is -2.14. The number of aromatic amines is 2. The highest BCUT2D eigenvalue weighted by Crippen LogP contribution is 2.33. The molecule has 1 aliphatic carbocycles. The molecule has 1 aromatic heterocycles. The third-order valence-electron chi connectivity index (χ3n) is 3.65. The number of phenolic OH excluding ortho intramolecular Hbond substituents is 1. The number of H-pyrrole nitrogens is 2. The van der Waals surface area contributed by atoms with Crippen molar-refractivity contribution in [3.63, 3.8) is 0 Å². The lowest BCUT2D eigenvalue weighted by Crippen LogP contribution is -2.33. The standard InChI is InChI=1S/C14H13N3O5/c18-7-2-3-8-6(5-7)1-4-9(8)15-12(20)10-11(19)13(21)17-14(22)16-10/h2-3,5,9,18-19H,1,4H2,(H,15,20)(H2,16,17,21,22)/t9-/m1/s1. The van der Waals surface area contributed by atoms with E-state index in [2.05, 4.69) is 10.3 Å². The SMILES string of the molecule is O=C(N[C@@H]1CCc2cc(O)ccc21)c1[nH]c(=O)[nH]c(=O)c1O. The van der Waals surface area contributed by atoms with E-state index in [1.165, 1.54) is 6.07 Å². The molecule has 0 saturated carbocycles. The summed E-state index contributed by atoms with van der Waals surface area (Å²) in [6.45, 7) is 0. The van der Waals surface area contributed by atoms with Crippen LogP contribution >= 0.6 is 0 Å². The molecule has 0 aliphatic heterocycles. The zero-order valence-electron chi connectivity index (χ0n) is 11.3. The van der Waals surface area contributed by atoms with Gasteiger partial charge in [-0.25, -0.2) is 4.79 Å². The van der Waals surface area contributed by atoms with Crippen LogP contribution in [0, 0.1) is 0 Å². The van der Waals surface area contributed by atoms with Gasteiger partial charge in [0, 0.05) is 0 Å². The average molecular weight is 303 g/mol. The molecule has 22 heavy (non-hydrogen) atoms. The third kappa shape index (κ3) is 2.34. The Morgan fingerprint density at radius 1 is 1.23 bits per heavy atom. The molecule has 1 aliphatic rings. The van der Waals surface area contributed by atoms with Crippen molar-refractivity contribution >= 4 is 5.91 Å². The molecule has 0 spiro atoms. The Hall–Kier alpha value is -3.03. The fourth-order valence-corrected chi connectivity index (χ4v) is 2.63. The first kappa shape index (κ1) is 13.9. The second kappa shape index (κ2) is 5.06. The molecule has 1 aromatic carbocycles. The minimum absolute atomic E-state index is 0.155. The van der Waals surface area contributed by atoms with Gasteiger partial charge in [0.2, 0.25) is 5.75 Å². The summed E-state index contributed by atoms with van der Waals surface area (Å²) in [5.41, 5.74) is -0.580. The van der Waals surface area contributed by atoms with E-state index in [0.717, 1.165) is 11.1 Å². The number of carbonyl (C=O) groups excluding carboxylic acids is 1. The Balaban J connectivity index is 1.88. The highest BCUT2D eigenvalue weighted by Gasteiger charge is 2.26. The van der Waals surface area contributed by atoms with Crippen LogP contribution in [0.1, 0.15) is 34.1 Å². The second-order valence-corrected chi connectivity index (χ2v) is 5.08. The number of hydrogen-bond donors (Lipinski definition) is 5. The zero-order chi connectivity index (χ0) is 15.9. The van der Waals surface area contributed by atoms with Crippen LogP contribution < -0.4 is 16.6 Å². The van der Waals surface area contributed by atoms with Crippen molar-refractivity contribution in [2.45, 2.75) is 18.9 Å². The van der Waals surface area contributed by atoms with Crippen LogP contribution in [0.25, 0.3) is 0 Å². The van der Waals surface area contributed by atoms with E-state index in [9.17, 15) is 24.6 Å². The fraction of sp³-hybridized carbons (Fsp3) is 0.214. The molecule has 0 unspecified atom stereocenters. The smallest absolute Gasteiger partial charge is 0.326 e. The van der Waals surface area contributed by atoms with Gasteiger partial charge in [-0.3, -0.25) is 19.6 Å². The molecule has 8 nitrogen and oxygen atoms in total. The Kier molecular flexibility index (Phi) is 3.21. The molecule has 5 N–H and O–H groups in total. The first-order valence-corrected chi connectivity index (χ1v) is 6.64. The normalized spacial score (nSPS) is 16.3. The Morgan fingerprint density at radius 2 is 2.00 bits per heavy atom. The van der Waals surface area contributed by atoms with Gasteiger partial charge in [0.25, 0.3) is 11.5 Å². The van der Waals surface area contributed by atoms with Crippen molar-refractivity contribution < 1.29 is 15.0 Å². The predicted octanol–water partition coefficient (Wildman–Crippen LogP) is -0.108. The summed E-state index contributed by atoms with van der Waals surface area (Å²) in [5, 5.41) is 21.7. The lowest BCUT2D eigenvalue weighted by atomic mass is 10.1. The number of nitrogens with one attached hydrogen (secondary N) is 3. The molecule has 0 bridgehead atoms. The molecule has 0 fully saturated rings. The van der Waals surface area contributed by atoms with E-state index in [1.807, 2.05) is 4.98 Å². The average Bonchev–Trinajstić information content (AvgIpc) is 2.84. The van der Waals surface area contributed by atoms with Crippen LogP contribution in [0.15, 0.2) is 27.8 Å². The molecule has 2 aromatic rings. The summed E-state index contributed by atoms with van der Waals surface area (Å²) in [4.78, 5) is 38.6. The zero-order valence-corrected chi connectivity index (χ0v) is 11.3. The van der Waals surface area contributed by atoms with Crippen molar-refractivity contribution in [3.05, 3.63) is 55.9 Å². The summed E-state index contributed by atoms with van der Waals surface area (Å²) in [5.74, 6) is -1.42. The molecule has 3 rings (SSSR count). The second-order valence-electron chi connectivity index (χ2n) is 5.08. The molecule has 1 amide bonds. The van der Waals surface area contributed by atoms with Gasteiger partial charge in [-0.2, -0.15) is 0 Å². The van der Waals surface area contributed by atoms with Gasteiger partial charge in [-0.05, 0) is 36.1 Å². The van der Waals surface area contributed by atoms with Gasteiger partial charge >= 0.3 is 5.69 Å². The molecule has 8 heteroatoms. The predicted molar refractivity (Wildman–Crippen MR) is 76.0 cm³/mol. The fourth-order valence-electron chi connectivity index (χ4n) is 2.63. The highest BCUT2D eigenvalue weighted by atomic mass is 16.3. The maximum atomic E-state index is 12.2. The number of hydrogen-bond acceptors (Lipinski definition) is 5. The van der Waals surface area contributed by atoms with E-state index in [1.54, 1.807) is 12.1 Å². The van der Waals surface area contributed by atoms with Crippen LogP contribution in [0.5, 0.6) is 11.5 Å². The number of benzene rings is 1. The number of fused-ring (bicyclic) bond motifs is 1. The summed E-state index contributed by atoms with van der Waals surface area (Å²) in [7, 11) is 0. The first-order chi connectivity index (χ1) is 10.5. The van der Waals surface area contributed by atoms with E-state index in [-0.39, 0.29) is 11.8 Å². The maximum absolute atomic E-state index is 12.2. The van der Waals surface area contributed by atoms with Crippen LogP contribution in [-0.2, 0) is 6.42 Å². The first-order valence-electron chi connectivity index (χ1n) is 6.64. The van der Waals surface area contributed by atoms with Crippen LogP contribution in [-0.4, -0.2) is 26.1 Å². The van der Waals surface area contributed by atoms with Crippen molar-refractivity contribution in [1.82, 2.24) is 15.3 Å². The molecule has 0 saturated heterocycles. The number of aromatic nitrogens is 2. The Bertz CT molecular complexity index is 868. The Labute approximate surface area is 123 Å². The maximum Gasteiger partial charge on any atom is 0.326 e. The summed E-state index contributed by atoms with van der Waals surface area (Å²) >= 11 is 0. The number of phenols is 1. The number of carbonyl (C=O) groups is 1. The number of aromatic hydroxyl groups is 2. The van der Waals surface area contributed by atoms with Gasteiger partial charge in [0.1, 0.15) is 5.75 Å². The molecular formula is C14H13N3O5. The van der Waals surface area contributed by atoms with E-state index in [0.29, 0.717) is 12.8 Å². The Morgan fingerprint density at radius 3 is 2.77 bits per heavy atom. The van der Waals surface area contributed by atoms with Crippen molar-refractivity contribution in [3.8, 4) is 11.5 Å². The van der Waals surface area contributed by atoms with Crippen LogP contribution in [0.2, 0.25) is 0 Å². The van der Waals surface area contributed by atoms with Gasteiger partial charge in [-0.15, -0.1) is 0 Å². The molecule has 1 atom stereocenters. The van der Waals surface area contributed by atoms with Gasteiger partial charge in [0.05, 0.1) is 6.04 Å². The largest absolute Gasteiger partial charge is 0.508 e. The van der Waals surface area contributed by atoms with Gasteiger partial charge < -0.3 is 15.5 Å². The highest BCUT2D eigenvalue weighted by molar-refractivity contribution is 5.94. The van der Waals surface area contributed by atoms with Crippen LogP contribution in [0.4, 0.5) is 0 Å². The third-order valence-corrected chi connectivity index (χ3v) is 3.65. The van der Waals surface area contributed by atoms with E-state index in [4.69, 9.17) is 0 Å². The van der Waals surface area contributed by atoms with Gasteiger partial charge in [-0.1, -0.05) is 6.07 Å². The van der Waals surface area contributed by atoms with E-state index < -0.39 is 28.6 Å². The summed E-state index contributed by atoms with van der Waals surface area (Å²) in [6, 6.07) is 4.55. The minimum Gasteiger partial charge on any atom is -0.508 e. The number of rotatable bonds is 2. The van der Waals surface area contributed by atoms with Crippen molar-refractivity contribution in [1.29, 1.82) is 0 Å². The number of amides is 1. The molecule has 114 valence electrons. The summed E-state index contributed by atoms with van der Waals surface area (Å²) in [6.07, 6.45) is 1.31. The van der Waals surface area contributed by atoms with Crippen molar-refractivity contribution in [2.24, 2.45) is 0 Å².